The molecular weight excluding hydrogens is 218 g/mol. The SMILES string of the molecule is Cc1nnc(Cn2cccc(C#N)c2=O)n1C. The van der Waals surface area contributed by atoms with E-state index in [4.69, 9.17) is 5.26 Å². The van der Waals surface area contributed by atoms with E-state index < -0.39 is 0 Å². The fourth-order valence-corrected chi connectivity index (χ4v) is 1.49. The number of hydrogen-bond donors (Lipinski definition) is 0. The first kappa shape index (κ1) is 11.1. The molecule has 0 bridgehead atoms. The van der Waals surface area contributed by atoms with Gasteiger partial charge in [-0.2, -0.15) is 5.26 Å². The predicted octanol–water partition coefficient (Wildman–Crippen LogP) is 0.205. The fourth-order valence-electron chi connectivity index (χ4n) is 1.49. The van der Waals surface area contributed by atoms with Crippen molar-refractivity contribution in [3.05, 3.63) is 45.9 Å². The van der Waals surface area contributed by atoms with E-state index in [1.165, 1.54) is 10.6 Å². The third kappa shape index (κ3) is 1.95. The Bertz CT molecular complexity index is 647. The Balaban J connectivity index is 2.41. The Hall–Kier alpha value is -2.42. The summed E-state index contributed by atoms with van der Waals surface area (Å²) in [6, 6.07) is 5.04. The van der Waals surface area contributed by atoms with E-state index in [0.717, 1.165) is 5.82 Å². The second-order valence-corrected chi connectivity index (χ2v) is 3.69. The van der Waals surface area contributed by atoms with Gasteiger partial charge in [-0.25, -0.2) is 0 Å². The summed E-state index contributed by atoms with van der Waals surface area (Å²) >= 11 is 0. The number of nitrogens with zero attached hydrogens (tertiary/aromatic N) is 5. The van der Waals surface area contributed by atoms with Gasteiger partial charge in [-0.05, 0) is 19.1 Å². The normalized spacial score (nSPS) is 10.2. The van der Waals surface area contributed by atoms with E-state index in [9.17, 15) is 4.79 Å². The average molecular weight is 229 g/mol. The van der Waals surface area contributed by atoms with Crippen LogP contribution in [0.3, 0.4) is 0 Å². The lowest BCUT2D eigenvalue weighted by Gasteiger charge is -2.05. The Kier molecular flexibility index (Phi) is 2.75. The molecule has 0 aliphatic heterocycles. The fraction of sp³-hybridized carbons (Fsp3) is 0.273. The minimum Gasteiger partial charge on any atom is -0.317 e. The van der Waals surface area contributed by atoms with Crippen molar-refractivity contribution in [1.29, 1.82) is 5.26 Å². The van der Waals surface area contributed by atoms with E-state index in [1.807, 2.05) is 24.6 Å². The van der Waals surface area contributed by atoms with Gasteiger partial charge < -0.3 is 9.13 Å². The molecule has 2 aromatic heterocycles. The zero-order chi connectivity index (χ0) is 12.4. The van der Waals surface area contributed by atoms with Gasteiger partial charge in [-0.1, -0.05) is 0 Å². The molecule has 0 aliphatic rings. The minimum absolute atomic E-state index is 0.131. The van der Waals surface area contributed by atoms with Crippen molar-refractivity contribution >= 4 is 0 Å². The molecule has 6 heteroatoms. The van der Waals surface area contributed by atoms with Gasteiger partial charge in [-0.3, -0.25) is 4.79 Å². The van der Waals surface area contributed by atoms with Crippen molar-refractivity contribution in [3.8, 4) is 6.07 Å². The highest BCUT2D eigenvalue weighted by atomic mass is 16.1. The summed E-state index contributed by atoms with van der Waals surface area (Å²) in [5, 5.41) is 16.7. The lowest BCUT2D eigenvalue weighted by molar-refractivity contribution is 0.670. The summed E-state index contributed by atoms with van der Waals surface area (Å²) in [7, 11) is 1.84. The highest BCUT2D eigenvalue weighted by molar-refractivity contribution is 5.25. The van der Waals surface area contributed by atoms with Crippen molar-refractivity contribution in [2.75, 3.05) is 0 Å². The van der Waals surface area contributed by atoms with Crippen LogP contribution in [0.5, 0.6) is 0 Å². The van der Waals surface area contributed by atoms with Crippen LogP contribution >= 0.6 is 0 Å². The van der Waals surface area contributed by atoms with Crippen LogP contribution in [0.4, 0.5) is 0 Å². The number of rotatable bonds is 2. The lowest BCUT2D eigenvalue weighted by atomic mass is 10.3. The molecule has 0 N–H and O–H groups in total. The minimum atomic E-state index is -0.310. The number of aromatic nitrogens is 4. The number of nitriles is 1. The summed E-state index contributed by atoms with van der Waals surface area (Å²) in [6.07, 6.45) is 1.63. The quantitative estimate of drug-likeness (QED) is 0.737. The first-order valence-corrected chi connectivity index (χ1v) is 5.08. The van der Waals surface area contributed by atoms with Gasteiger partial charge in [0.25, 0.3) is 5.56 Å². The second kappa shape index (κ2) is 4.22. The van der Waals surface area contributed by atoms with Crippen molar-refractivity contribution in [3.63, 3.8) is 0 Å². The maximum atomic E-state index is 11.8. The molecule has 2 rings (SSSR count). The van der Waals surface area contributed by atoms with Crippen LogP contribution < -0.4 is 5.56 Å². The van der Waals surface area contributed by atoms with Crippen molar-refractivity contribution in [1.82, 2.24) is 19.3 Å². The first-order chi connectivity index (χ1) is 8.13. The van der Waals surface area contributed by atoms with Crippen molar-refractivity contribution < 1.29 is 0 Å². The second-order valence-electron chi connectivity index (χ2n) is 3.69. The molecule has 2 aromatic rings. The summed E-state index contributed by atoms with van der Waals surface area (Å²) < 4.78 is 3.26. The van der Waals surface area contributed by atoms with Gasteiger partial charge in [0.2, 0.25) is 0 Å². The molecule has 2 heterocycles. The molecule has 0 aliphatic carbocycles. The first-order valence-electron chi connectivity index (χ1n) is 5.08. The van der Waals surface area contributed by atoms with E-state index in [-0.39, 0.29) is 11.1 Å². The molecule has 86 valence electrons. The molecule has 0 fully saturated rings. The van der Waals surface area contributed by atoms with Crippen LogP contribution in [0, 0.1) is 18.3 Å². The average Bonchev–Trinajstić information content (AvgIpc) is 2.64. The smallest absolute Gasteiger partial charge is 0.268 e. The van der Waals surface area contributed by atoms with Gasteiger partial charge in [0, 0.05) is 13.2 Å². The highest BCUT2D eigenvalue weighted by Gasteiger charge is 2.08. The zero-order valence-electron chi connectivity index (χ0n) is 9.58. The van der Waals surface area contributed by atoms with E-state index >= 15 is 0 Å². The van der Waals surface area contributed by atoms with E-state index in [2.05, 4.69) is 10.2 Å². The van der Waals surface area contributed by atoms with Gasteiger partial charge in [0.05, 0.1) is 6.54 Å². The highest BCUT2D eigenvalue weighted by Crippen LogP contribution is 2.00. The molecule has 0 aromatic carbocycles. The molecule has 17 heavy (non-hydrogen) atoms. The molecule has 0 unspecified atom stereocenters. The largest absolute Gasteiger partial charge is 0.317 e. The van der Waals surface area contributed by atoms with Gasteiger partial charge >= 0.3 is 0 Å². The van der Waals surface area contributed by atoms with Crippen LogP contribution in [-0.4, -0.2) is 19.3 Å². The Morgan fingerprint density at radius 2 is 2.24 bits per heavy atom. The molecular formula is C11H11N5O. The Morgan fingerprint density at radius 1 is 1.47 bits per heavy atom. The van der Waals surface area contributed by atoms with Crippen LogP contribution in [-0.2, 0) is 13.6 Å². The number of pyridine rings is 1. The standard InChI is InChI=1S/C11H11N5O/c1-8-13-14-10(15(8)2)7-16-5-3-4-9(6-12)11(16)17/h3-5H,7H2,1-2H3. The van der Waals surface area contributed by atoms with Crippen LogP contribution in [0.15, 0.2) is 23.1 Å². The van der Waals surface area contributed by atoms with Gasteiger partial charge in [0.15, 0.2) is 5.82 Å². The monoisotopic (exact) mass is 229 g/mol. The lowest BCUT2D eigenvalue weighted by Crippen LogP contribution is -2.23. The number of hydrogen-bond acceptors (Lipinski definition) is 4. The third-order valence-corrected chi connectivity index (χ3v) is 2.64. The summed E-state index contributed by atoms with van der Waals surface area (Å²) in [6.45, 7) is 2.15. The van der Waals surface area contributed by atoms with Gasteiger partial charge in [0.1, 0.15) is 17.5 Å². The molecule has 6 nitrogen and oxygen atoms in total. The molecule has 0 atom stereocenters. The van der Waals surface area contributed by atoms with E-state index in [1.54, 1.807) is 12.3 Å². The zero-order valence-corrected chi connectivity index (χ0v) is 9.58. The molecule has 0 radical (unpaired) electrons. The Labute approximate surface area is 97.8 Å². The topological polar surface area (TPSA) is 76.5 Å². The Morgan fingerprint density at radius 3 is 2.82 bits per heavy atom. The van der Waals surface area contributed by atoms with Crippen LogP contribution in [0.2, 0.25) is 0 Å². The molecule has 0 spiro atoms. The maximum Gasteiger partial charge on any atom is 0.268 e. The van der Waals surface area contributed by atoms with Crippen LogP contribution in [0.25, 0.3) is 0 Å². The van der Waals surface area contributed by atoms with Gasteiger partial charge in [-0.15, -0.1) is 10.2 Å². The maximum absolute atomic E-state index is 11.8. The van der Waals surface area contributed by atoms with Crippen molar-refractivity contribution in [2.45, 2.75) is 13.5 Å². The number of aryl methyl sites for hydroxylation is 1. The third-order valence-electron chi connectivity index (χ3n) is 2.64. The van der Waals surface area contributed by atoms with E-state index in [0.29, 0.717) is 12.4 Å². The van der Waals surface area contributed by atoms with Crippen molar-refractivity contribution in [2.24, 2.45) is 7.05 Å². The summed E-state index contributed by atoms with van der Waals surface area (Å²) in [5.41, 5.74) is -0.179. The summed E-state index contributed by atoms with van der Waals surface area (Å²) in [5.74, 6) is 1.46. The molecule has 0 saturated heterocycles. The van der Waals surface area contributed by atoms with Crippen LogP contribution in [0.1, 0.15) is 17.2 Å². The molecule has 0 amide bonds. The summed E-state index contributed by atoms with van der Waals surface area (Å²) in [4.78, 5) is 11.8. The molecule has 0 saturated carbocycles. The predicted molar refractivity (Wildman–Crippen MR) is 60.3 cm³/mol.